The maximum Gasteiger partial charge on any atom is 0.159 e. The van der Waals surface area contributed by atoms with E-state index in [4.69, 9.17) is 14.0 Å². The van der Waals surface area contributed by atoms with Crippen LogP contribution in [0.4, 0.5) is 0 Å². The molecule has 2 aromatic rings. The van der Waals surface area contributed by atoms with Crippen LogP contribution in [0.1, 0.15) is 41.3 Å². The molecule has 4 atom stereocenters. The lowest BCUT2D eigenvalue weighted by Gasteiger charge is -2.11. The van der Waals surface area contributed by atoms with Crippen LogP contribution in [0.2, 0.25) is 0 Å². The standard InChI is InChI=1S/C18H17Br2NO5/c1-8-11(5-16(25-8)18-17(23)14(22)7-24-18)13-6-15(26-21-13)10-3-2-9(19)4-12(10)20/h2-5,14-15,17-18,22-23H,6-7H2,1H3/t14-,15?,17-,18+/m1/s1. The van der Waals surface area contributed by atoms with Gasteiger partial charge in [0.2, 0.25) is 0 Å². The molecule has 8 heteroatoms. The molecule has 4 rings (SSSR count). The van der Waals surface area contributed by atoms with Crippen LogP contribution in [0.15, 0.2) is 42.8 Å². The zero-order chi connectivity index (χ0) is 18.4. The third-order valence-electron chi connectivity index (χ3n) is 4.66. The van der Waals surface area contributed by atoms with Crippen LogP contribution < -0.4 is 0 Å². The molecular weight excluding hydrogens is 470 g/mol. The van der Waals surface area contributed by atoms with Gasteiger partial charge in [0.1, 0.15) is 29.8 Å². The summed E-state index contributed by atoms with van der Waals surface area (Å²) in [4.78, 5) is 5.64. The predicted molar refractivity (Wildman–Crippen MR) is 101 cm³/mol. The second-order valence-electron chi connectivity index (χ2n) is 6.43. The lowest BCUT2D eigenvalue weighted by molar-refractivity contribution is 0.0117. The number of oxime groups is 1. The zero-order valence-electron chi connectivity index (χ0n) is 13.9. The highest BCUT2D eigenvalue weighted by molar-refractivity contribution is 9.11. The zero-order valence-corrected chi connectivity index (χ0v) is 17.0. The normalized spacial score (nSPS) is 28.3. The quantitative estimate of drug-likeness (QED) is 0.689. The molecule has 0 bridgehead atoms. The molecule has 26 heavy (non-hydrogen) atoms. The minimum Gasteiger partial charge on any atom is -0.463 e. The summed E-state index contributed by atoms with van der Waals surface area (Å²) in [5.74, 6) is 1.16. The monoisotopic (exact) mass is 485 g/mol. The average Bonchev–Trinajstić information content (AvgIpc) is 3.28. The Balaban J connectivity index is 1.54. The van der Waals surface area contributed by atoms with Gasteiger partial charge < -0.3 is 24.2 Å². The molecule has 2 N–H and O–H groups in total. The highest BCUT2D eigenvalue weighted by Crippen LogP contribution is 2.37. The summed E-state index contributed by atoms with van der Waals surface area (Å²) in [7, 11) is 0. The van der Waals surface area contributed by atoms with Crippen LogP contribution in [0, 0.1) is 6.92 Å². The molecule has 138 valence electrons. The van der Waals surface area contributed by atoms with Crippen molar-refractivity contribution in [2.45, 2.75) is 37.8 Å². The second kappa shape index (κ2) is 7.09. The van der Waals surface area contributed by atoms with Gasteiger partial charge in [0, 0.05) is 26.5 Å². The van der Waals surface area contributed by atoms with E-state index in [0.717, 1.165) is 25.8 Å². The Kier molecular flexibility index (Phi) is 4.96. The molecule has 6 nitrogen and oxygen atoms in total. The molecule has 0 aliphatic carbocycles. The van der Waals surface area contributed by atoms with Crippen LogP contribution in [-0.2, 0) is 9.57 Å². The van der Waals surface area contributed by atoms with E-state index in [9.17, 15) is 10.2 Å². The van der Waals surface area contributed by atoms with E-state index in [-0.39, 0.29) is 12.7 Å². The van der Waals surface area contributed by atoms with Gasteiger partial charge in [0.25, 0.3) is 0 Å². The topological polar surface area (TPSA) is 84.4 Å². The van der Waals surface area contributed by atoms with Gasteiger partial charge in [-0.25, -0.2) is 0 Å². The molecular formula is C18H17Br2NO5. The van der Waals surface area contributed by atoms with Gasteiger partial charge in [0.15, 0.2) is 6.10 Å². The number of nitrogens with zero attached hydrogens (tertiary/aromatic N) is 1. The highest BCUT2D eigenvalue weighted by atomic mass is 79.9. The number of aliphatic hydroxyl groups is 2. The third kappa shape index (κ3) is 3.25. The molecule has 1 aromatic carbocycles. The van der Waals surface area contributed by atoms with Crippen molar-refractivity contribution in [2.24, 2.45) is 5.16 Å². The molecule has 2 aliphatic heterocycles. The van der Waals surface area contributed by atoms with Gasteiger partial charge in [-0.1, -0.05) is 43.1 Å². The van der Waals surface area contributed by atoms with Crippen molar-refractivity contribution < 1.29 is 24.2 Å². The van der Waals surface area contributed by atoms with Gasteiger partial charge in [-0.15, -0.1) is 0 Å². The number of rotatable bonds is 3. The number of halogens is 2. The highest BCUT2D eigenvalue weighted by Gasteiger charge is 2.38. The molecule has 0 amide bonds. The molecule has 1 aromatic heterocycles. The minimum atomic E-state index is -0.998. The Morgan fingerprint density at radius 3 is 2.69 bits per heavy atom. The molecule has 1 fully saturated rings. The van der Waals surface area contributed by atoms with Crippen LogP contribution in [0.3, 0.4) is 0 Å². The number of hydrogen-bond donors (Lipinski definition) is 2. The first-order chi connectivity index (χ1) is 12.4. The van der Waals surface area contributed by atoms with Crippen molar-refractivity contribution in [3.8, 4) is 0 Å². The van der Waals surface area contributed by atoms with Crippen LogP contribution >= 0.6 is 31.9 Å². The van der Waals surface area contributed by atoms with E-state index in [1.54, 1.807) is 0 Å². The van der Waals surface area contributed by atoms with E-state index in [2.05, 4.69) is 37.0 Å². The second-order valence-corrected chi connectivity index (χ2v) is 8.20. The third-order valence-corrected chi connectivity index (χ3v) is 5.84. The summed E-state index contributed by atoms with van der Waals surface area (Å²) >= 11 is 7.01. The fraction of sp³-hybridized carbons (Fsp3) is 0.389. The summed E-state index contributed by atoms with van der Waals surface area (Å²) in [6.45, 7) is 1.92. The molecule has 0 saturated carbocycles. The van der Waals surface area contributed by atoms with Crippen molar-refractivity contribution in [1.29, 1.82) is 0 Å². The number of furan rings is 1. The maximum atomic E-state index is 10.0. The molecule has 1 saturated heterocycles. The first-order valence-electron chi connectivity index (χ1n) is 8.20. The Morgan fingerprint density at radius 2 is 2.00 bits per heavy atom. The SMILES string of the molecule is Cc1oc([C@@H]2OC[C@@H](O)[C@H]2O)cc1C1=NOC(c2ccc(Br)cc2Br)C1. The molecule has 1 unspecified atom stereocenters. The van der Waals surface area contributed by atoms with E-state index < -0.39 is 18.3 Å². The van der Waals surface area contributed by atoms with Crippen molar-refractivity contribution >= 4 is 37.6 Å². The predicted octanol–water partition coefficient (Wildman–Crippen LogP) is 3.77. The van der Waals surface area contributed by atoms with Crippen molar-refractivity contribution in [2.75, 3.05) is 6.61 Å². The average molecular weight is 487 g/mol. The van der Waals surface area contributed by atoms with Crippen LogP contribution in [0.25, 0.3) is 0 Å². The van der Waals surface area contributed by atoms with Crippen molar-refractivity contribution in [1.82, 2.24) is 0 Å². The number of aliphatic hydroxyl groups excluding tert-OH is 2. The molecule has 3 heterocycles. The summed E-state index contributed by atoms with van der Waals surface area (Å²) in [5.41, 5.74) is 2.63. The van der Waals surface area contributed by atoms with Gasteiger partial charge in [-0.05, 0) is 25.1 Å². The summed E-state index contributed by atoms with van der Waals surface area (Å²) in [6, 6.07) is 7.74. The van der Waals surface area contributed by atoms with E-state index >= 15 is 0 Å². The van der Waals surface area contributed by atoms with Crippen LogP contribution in [0.5, 0.6) is 0 Å². The van der Waals surface area contributed by atoms with E-state index in [1.807, 2.05) is 31.2 Å². The van der Waals surface area contributed by atoms with Gasteiger partial charge in [-0.3, -0.25) is 0 Å². The van der Waals surface area contributed by atoms with Crippen molar-refractivity contribution in [3.63, 3.8) is 0 Å². The van der Waals surface area contributed by atoms with Gasteiger partial charge in [0.05, 0.1) is 12.3 Å². The number of ether oxygens (including phenoxy) is 1. The Labute approximate surface area is 167 Å². The first-order valence-corrected chi connectivity index (χ1v) is 9.78. The molecule has 0 radical (unpaired) electrons. The smallest absolute Gasteiger partial charge is 0.159 e. The largest absolute Gasteiger partial charge is 0.463 e. The first kappa shape index (κ1) is 18.2. The summed E-state index contributed by atoms with van der Waals surface area (Å²) in [5, 5.41) is 23.9. The Hall–Kier alpha value is -1.19. The summed E-state index contributed by atoms with van der Waals surface area (Å²) < 4.78 is 13.1. The number of hydrogen-bond acceptors (Lipinski definition) is 6. The number of benzene rings is 1. The Morgan fingerprint density at radius 1 is 1.19 bits per heavy atom. The van der Waals surface area contributed by atoms with Crippen molar-refractivity contribution in [3.05, 3.63) is 55.9 Å². The minimum absolute atomic E-state index is 0.0879. The van der Waals surface area contributed by atoms with E-state index in [1.165, 1.54) is 0 Å². The van der Waals surface area contributed by atoms with Gasteiger partial charge >= 0.3 is 0 Å². The van der Waals surface area contributed by atoms with Crippen LogP contribution in [-0.4, -0.2) is 34.7 Å². The summed E-state index contributed by atoms with van der Waals surface area (Å²) in [6.07, 6.45) is -2.14. The van der Waals surface area contributed by atoms with Gasteiger partial charge in [-0.2, -0.15) is 0 Å². The lowest BCUT2D eigenvalue weighted by Crippen LogP contribution is -2.24. The molecule has 0 spiro atoms. The van der Waals surface area contributed by atoms with E-state index in [0.29, 0.717) is 17.9 Å². The lowest BCUT2D eigenvalue weighted by atomic mass is 10.00. The Bertz CT molecular complexity index is 865. The number of aryl methyl sites for hydroxylation is 1. The molecule has 2 aliphatic rings. The fourth-order valence-corrected chi connectivity index (χ4v) is 4.55. The fourth-order valence-electron chi connectivity index (χ4n) is 3.25. The maximum absolute atomic E-state index is 10.0.